The zero-order valence-electron chi connectivity index (χ0n) is 21.2. The molecule has 0 heterocycles. The number of hydrogen-bond donors (Lipinski definition) is 1. The smallest absolute Gasteiger partial charge is 0.244 e. The number of amides is 2. The second-order valence-electron chi connectivity index (χ2n) is 8.70. The van der Waals surface area contributed by atoms with Gasteiger partial charge in [0.1, 0.15) is 18.4 Å². The number of anilines is 1. The van der Waals surface area contributed by atoms with Crippen molar-refractivity contribution >= 4 is 62.3 Å². The normalized spacial score (nSPS) is 12.1. The summed E-state index contributed by atoms with van der Waals surface area (Å²) in [4.78, 5) is 28.4. The molecule has 0 aliphatic carbocycles. The van der Waals surface area contributed by atoms with Crippen LogP contribution in [0.5, 0.6) is 0 Å². The van der Waals surface area contributed by atoms with Crippen LogP contribution >= 0.6 is 34.8 Å². The molecule has 0 aliphatic rings. The predicted octanol–water partition coefficient (Wildman–Crippen LogP) is 5.33. The fourth-order valence-electron chi connectivity index (χ4n) is 3.95. The fraction of sp³-hybridized carbons (Fsp3) is 0.259. The number of carbonyl (C=O) groups excluding carboxylic acids is 2. The third kappa shape index (κ3) is 8.08. The van der Waals surface area contributed by atoms with Crippen molar-refractivity contribution in [2.24, 2.45) is 0 Å². The van der Waals surface area contributed by atoms with E-state index in [9.17, 15) is 22.4 Å². The number of hydrogen-bond acceptors (Lipinski definition) is 4. The molecule has 0 radical (unpaired) electrons. The molecule has 0 bridgehead atoms. The van der Waals surface area contributed by atoms with Gasteiger partial charge in [-0.15, -0.1) is 0 Å². The SMILES string of the molecule is CCNC(=O)[C@H](Cc1ccccc1)N(Cc1ccccc1F)C(=O)CN(c1cc(Cl)c(Cl)cc1Cl)S(C)(=O)=O. The first kappa shape index (κ1) is 30.7. The molecule has 3 aromatic carbocycles. The van der Waals surface area contributed by atoms with Crippen LogP contribution in [-0.2, 0) is 32.6 Å². The van der Waals surface area contributed by atoms with Crippen LogP contribution in [0, 0.1) is 5.82 Å². The molecule has 12 heteroatoms. The van der Waals surface area contributed by atoms with Crippen LogP contribution in [0.2, 0.25) is 15.1 Å². The first-order valence-corrected chi connectivity index (χ1v) is 14.9. The van der Waals surface area contributed by atoms with Crippen molar-refractivity contribution in [3.63, 3.8) is 0 Å². The molecule has 0 aliphatic heterocycles. The maximum Gasteiger partial charge on any atom is 0.244 e. The minimum Gasteiger partial charge on any atom is -0.355 e. The van der Waals surface area contributed by atoms with Gasteiger partial charge in [-0.3, -0.25) is 13.9 Å². The molecule has 1 N–H and O–H groups in total. The van der Waals surface area contributed by atoms with Gasteiger partial charge in [0.2, 0.25) is 21.8 Å². The van der Waals surface area contributed by atoms with Crippen molar-refractivity contribution in [2.45, 2.75) is 25.9 Å². The van der Waals surface area contributed by atoms with E-state index in [2.05, 4.69) is 5.32 Å². The number of benzene rings is 3. The van der Waals surface area contributed by atoms with E-state index in [1.165, 1.54) is 35.2 Å². The summed E-state index contributed by atoms with van der Waals surface area (Å²) in [5, 5.41) is 2.81. The lowest BCUT2D eigenvalue weighted by molar-refractivity contribution is -0.140. The van der Waals surface area contributed by atoms with E-state index < -0.39 is 40.2 Å². The third-order valence-electron chi connectivity index (χ3n) is 5.86. The summed E-state index contributed by atoms with van der Waals surface area (Å²) in [5.41, 5.74) is 0.852. The van der Waals surface area contributed by atoms with Crippen LogP contribution in [0.25, 0.3) is 0 Å². The molecule has 3 aromatic rings. The molecule has 0 saturated carbocycles. The van der Waals surface area contributed by atoms with Gasteiger partial charge in [0, 0.05) is 25.1 Å². The average Bonchev–Trinajstić information content (AvgIpc) is 2.88. The van der Waals surface area contributed by atoms with Crippen LogP contribution in [0.3, 0.4) is 0 Å². The minimum absolute atomic E-state index is 0.0321. The molecular formula is C27H27Cl3FN3O4S. The molecule has 0 unspecified atom stereocenters. The monoisotopic (exact) mass is 613 g/mol. The summed E-state index contributed by atoms with van der Waals surface area (Å²) >= 11 is 18.4. The number of rotatable bonds is 11. The number of likely N-dealkylation sites (N-methyl/N-ethyl adjacent to an activating group) is 1. The zero-order valence-corrected chi connectivity index (χ0v) is 24.3. The standard InChI is InChI=1S/C27H27Cl3FN3O4S/c1-3-32-27(36)25(13-18-9-5-4-6-10-18)33(16-19-11-7-8-12-23(19)31)26(35)17-34(39(2,37)38)24-15-21(29)20(28)14-22(24)30/h4-12,14-15,25H,3,13,16-17H2,1-2H3,(H,32,36)/t25-/m0/s1. The maximum atomic E-state index is 14.7. The Hall–Kier alpha value is -2.85. The van der Waals surface area contributed by atoms with Gasteiger partial charge >= 0.3 is 0 Å². The van der Waals surface area contributed by atoms with Crippen molar-refractivity contribution in [2.75, 3.05) is 23.7 Å². The molecule has 0 spiro atoms. The second-order valence-corrected chi connectivity index (χ2v) is 11.8. The summed E-state index contributed by atoms with van der Waals surface area (Å²) in [6, 6.07) is 16.3. The van der Waals surface area contributed by atoms with Crippen molar-refractivity contribution in [3.05, 3.63) is 98.7 Å². The summed E-state index contributed by atoms with van der Waals surface area (Å²) < 4.78 is 41.2. The Balaban J connectivity index is 2.09. The summed E-state index contributed by atoms with van der Waals surface area (Å²) in [6.45, 7) is 1.01. The second kappa shape index (κ2) is 13.5. The Labute approximate surface area is 242 Å². The Morgan fingerprint density at radius 3 is 2.18 bits per heavy atom. The van der Waals surface area contributed by atoms with Crippen LogP contribution in [0.4, 0.5) is 10.1 Å². The topological polar surface area (TPSA) is 86.8 Å². The predicted molar refractivity (Wildman–Crippen MR) is 153 cm³/mol. The van der Waals surface area contributed by atoms with Gasteiger partial charge in [-0.05, 0) is 30.7 Å². The number of halogens is 4. The maximum absolute atomic E-state index is 14.7. The van der Waals surface area contributed by atoms with Crippen molar-refractivity contribution in [3.8, 4) is 0 Å². The van der Waals surface area contributed by atoms with Gasteiger partial charge in [-0.2, -0.15) is 0 Å². The highest BCUT2D eigenvalue weighted by Crippen LogP contribution is 2.35. The molecule has 2 amide bonds. The quantitative estimate of drug-likeness (QED) is 0.296. The highest BCUT2D eigenvalue weighted by atomic mass is 35.5. The molecule has 1 atom stereocenters. The van der Waals surface area contributed by atoms with Gasteiger partial charge in [0.25, 0.3) is 0 Å². The molecule has 0 aromatic heterocycles. The zero-order chi connectivity index (χ0) is 28.7. The van der Waals surface area contributed by atoms with E-state index in [-0.39, 0.29) is 39.3 Å². The van der Waals surface area contributed by atoms with Gasteiger partial charge in [0.15, 0.2) is 0 Å². The first-order chi connectivity index (χ1) is 18.4. The fourth-order valence-corrected chi connectivity index (χ4v) is 5.50. The van der Waals surface area contributed by atoms with Gasteiger partial charge in [0.05, 0.1) is 27.0 Å². The van der Waals surface area contributed by atoms with Crippen LogP contribution in [-0.4, -0.2) is 50.5 Å². The van der Waals surface area contributed by atoms with E-state index in [0.29, 0.717) is 6.54 Å². The Bertz CT molecular complexity index is 1440. The Kier molecular flexibility index (Phi) is 10.6. The molecule has 39 heavy (non-hydrogen) atoms. The number of nitrogens with one attached hydrogen (secondary N) is 1. The van der Waals surface area contributed by atoms with E-state index in [0.717, 1.165) is 16.1 Å². The van der Waals surface area contributed by atoms with Gasteiger partial charge in [-0.25, -0.2) is 12.8 Å². The van der Waals surface area contributed by atoms with Crippen LogP contribution in [0.15, 0.2) is 66.7 Å². The van der Waals surface area contributed by atoms with Gasteiger partial charge in [-0.1, -0.05) is 83.3 Å². The first-order valence-electron chi connectivity index (χ1n) is 11.9. The molecule has 208 valence electrons. The lowest BCUT2D eigenvalue weighted by atomic mass is 10.0. The van der Waals surface area contributed by atoms with E-state index in [1.54, 1.807) is 37.3 Å². The lowest BCUT2D eigenvalue weighted by Gasteiger charge is -2.33. The summed E-state index contributed by atoms with van der Waals surface area (Å²) in [7, 11) is -4.07. The molecule has 0 saturated heterocycles. The molecule has 3 rings (SSSR count). The third-order valence-corrected chi connectivity index (χ3v) is 8.01. The largest absolute Gasteiger partial charge is 0.355 e. The van der Waals surface area contributed by atoms with Crippen molar-refractivity contribution in [1.82, 2.24) is 10.2 Å². The van der Waals surface area contributed by atoms with E-state index in [1.807, 2.05) is 6.07 Å². The summed E-state index contributed by atoms with van der Waals surface area (Å²) in [5.74, 6) is -1.79. The van der Waals surface area contributed by atoms with Crippen molar-refractivity contribution < 1.29 is 22.4 Å². The van der Waals surface area contributed by atoms with E-state index in [4.69, 9.17) is 34.8 Å². The molecular weight excluding hydrogens is 588 g/mol. The van der Waals surface area contributed by atoms with Crippen LogP contribution in [0.1, 0.15) is 18.1 Å². The van der Waals surface area contributed by atoms with Gasteiger partial charge < -0.3 is 10.2 Å². The number of sulfonamides is 1. The number of nitrogens with zero attached hydrogens (tertiary/aromatic N) is 2. The highest BCUT2D eigenvalue weighted by molar-refractivity contribution is 7.92. The lowest BCUT2D eigenvalue weighted by Crippen LogP contribution is -2.53. The van der Waals surface area contributed by atoms with Crippen molar-refractivity contribution in [1.29, 1.82) is 0 Å². The minimum atomic E-state index is -4.07. The molecule has 7 nitrogen and oxygen atoms in total. The number of carbonyl (C=O) groups is 2. The van der Waals surface area contributed by atoms with Crippen LogP contribution < -0.4 is 9.62 Å². The molecule has 0 fully saturated rings. The average molecular weight is 615 g/mol. The summed E-state index contributed by atoms with van der Waals surface area (Å²) in [6.07, 6.45) is 1.02. The Morgan fingerprint density at radius 2 is 1.56 bits per heavy atom. The van der Waals surface area contributed by atoms with E-state index >= 15 is 0 Å². The Morgan fingerprint density at radius 1 is 0.949 bits per heavy atom. The highest BCUT2D eigenvalue weighted by Gasteiger charge is 2.34.